The lowest BCUT2D eigenvalue weighted by Crippen LogP contribution is -2.47. The van der Waals surface area contributed by atoms with E-state index in [-0.39, 0.29) is 24.5 Å². The molecule has 6 rings (SSSR count). The van der Waals surface area contributed by atoms with Crippen molar-refractivity contribution in [2.45, 2.75) is 50.4 Å². The number of fused-ring (bicyclic) bond motifs is 1. The third-order valence-electron chi connectivity index (χ3n) is 8.16. The fourth-order valence-electron chi connectivity index (χ4n) is 5.99. The molecule has 0 radical (unpaired) electrons. The maximum Gasteiger partial charge on any atom is 0.257 e. The van der Waals surface area contributed by atoms with Gasteiger partial charge in [0, 0.05) is 43.6 Å². The molecule has 5 heterocycles. The number of carbonyl (C=O) groups excluding carboxylic acids is 2. The van der Waals surface area contributed by atoms with Crippen molar-refractivity contribution >= 4 is 23.1 Å². The molecule has 1 aliphatic carbocycles. The summed E-state index contributed by atoms with van der Waals surface area (Å²) in [4.78, 5) is 37.9. The number of pyridine rings is 1. The molecule has 218 valence electrons. The molecule has 0 bridgehead atoms. The molecular weight excluding hydrogens is 541 g/mol. The van der Waals surface area contributed by atoms with Crippen LogP contribution in [0.3, 0.4) is 0 Å². The van der Waals surface area contributed by atoms with Gasteiger partial charge in [-0.25, -0.2) is 27.7 Å². The predicted octanol–water partition coefficient (Wildman–Crippen LogP) is 2.30. The molecule has 2 amide bonds. The number of rotatable bonds is 7. The number of aromatic nitrogens is 4. The predicted molar refractivity (Wildman–Crippen MR) is 142 cm³/mol. The number of nitrogens with two attached hydrogens (primary N) is 1. The zero-order valence-electron chi connectivity index (χ0n) is 22.5. The van der Waals surface area contributed by atoms with Crippen molar-refractivity contribution in [1.29, 1.82) is 0 Å². The second-order valence-corrected chi connectivity index (χ2v) is 11.0. The van der Waals surface area contributed by atoms with E-state index in [9.17, 15) is 22.8 Å². The van der Waals surface area contributed by atoms with Gasteiger partial charge >= 0.3 is 0 Å². The number of amides is 2. The van der Waals surface area contributed by atoms with E-state index in [1.807, 2.05) is 6.07 Å². The molecule has 3 aliphatic rings. The van der Waals surface area contributed by atoms with Gasteiger partial charge in [-0.3, -0.25) is 14.5 Å². The second-order valence-electron chi connectivity index (χ2n) is 11.0. The van der Waals surface area contributed by atoms with Crippen molar-refractivity contribution in [3.05, 3.63) is 35.8 Å². The van der Waals surface area contributed by atoms with Crippen molar-refractivity contribution in [3.63, 3.8) is 0 Å². The highest BCUT2D eigenvalue weighted by Crippen LogP contribution is 2.43. The summed E-state index contributed by atoms with van der Waals surface area (Å²) in [6.07, 6.45) is 2.57. The zero-order valence-corrected chi connectivity index (χ0v) is 22.5. The number of carbonyl (C=O) groups is 2. The lowest BCUT2D eigenvalue weighted by molar-refractivity contribution is -0.159. The smallest absolute Gasteiger partial charge is 0.257 e. The second kappa shape index (κ2) is 10.5. The van der Waals surface area contributed by atoms with Crippen LogP contribution in [0, 0.1) is 5.92 Å². The molecule has 11 nitrogen and oxygen atoms in total. The monoisotopic (exact) mass is 572 g/mol. The van der Waals surface area contributed by atoms with E-state index in [4.69, 9.17) is 10.5 Å². The molecule has 2 aliphatic heterocycles. The highest BCUT2D eigenvalue weighted by Gasteiger charge is 2.51. The Morgan fingerprint density at radius 1 is 1.17 bits per heavy atom. The number of likely N-dealkylation sites (tertiary alicyclic amines) is 2. The Hall–Kier alpha value is -3.94. The van der Waals surface area contributed by atoms with E-state index < -0.39 is 48.7 Å². The van der Waals surface area contributed by atoms with Crippen molar-refractivity contribution in [2.75, 3.05) is 39.0 Å². The molecule has 3 aromatic rings. The Morgan fingerprint density at radius 2 is 1.93 bits per heavy atom. The number of hydrogen-bond acceptors (Lipinski definition) is 8. The molecule has 0 spiro atoms. The minimum atomic E-state index is -2.85. The highest BCUT2D eigenvalue weighted by molar-refractivity contribution is 5.98. The van der Waals surface area contributed by atoms with Crippen LogP contribution in [-0.2, 0) is 11.3 Å². The number of nitrogens with one attached hydrogen (secondary N) is 1. The first kappa shape index (κ1) is 27.2. The average Bonchev–Trinajstić information content (AvgIpc) is 3.67. The van der Waals surface area contributed by atoms with Gasteiger partial charge in [0.2, 0.25) is 17.7 Å². The Kier molecular flexibility index (Phi) is 6.96. The number of nitrogens with zero attached hydrogens (tertiary/aromatic N) is 6. The van der Waals surface area contributed by atoms with Gasteiger partial charge in [-0.05, 0) is 43.6 Å². The third kappa shape index (κ3) is 5.16. The summed E-state index contributed by atoms with van der Waals surface area (Å²) in [5.74, 6) is -4.45. The molecule has 0 unspecified atom stereocenters. The van der Waals surface area contributed by atoms with E-state index in [0.29, 0.717) is 29.1 Å². The molecule has 3 fully saturated rings. The van der Waals surface area contributed by atoms with Crippen LogP contribution in [0.1, 0.15) is 41.6 Å². The fourth-order valence-corrected chi connectivity index (χ4v) is 5.99. The van der Waals surface area contributed by atoms with Gasteiger partial charge in [0.25, 0.3) is 5.91 Å². The molecule has 14 heteroatoms. The maximum atomic E-state index is 14.9. The van der Waals surface area contributed by atoms with Gasteiger partial charge < -0.3 is 20.7 Å². The van der Waals surface area contributed by atoms with Crippen LogP contribution in [0.2, 0.25) is 0 Å². The van der Waals surface area contributed by atoms with Gasteiger partial charge in [0.1, 0.15) is 23.6 Å². The van der Waals surface area contributed by atoms with E-state index in [0.717, 1.165) is 31.5 Å². The van der Waals surface area contributed by atoms with Crippen LogP contribution in [0.5, 0.6) is 5.88 Å². The number of ether oxygens (including phenoxy) is 1. The van der Waals surface area contributed by atoms with Crippen molar-refractivity contribution in [1.82, 2.24) is 34.7 Å². The SMILES string of the molecule is COc1ncc(-c2cc(CN3CCCC3)c3c(N)ncnn23)cc1C(=O)N[C@@H]1CN(C(=O)C2CC(F)(F)C2)C[C@@H]1F. The number of methoxy groups -OCH3 is 1. The number of nitrogen functional groups attached to an aromatic ring is 1. The minimum Gasteiger partial charge on any atom is -0.480 e. The summed E-state index contributed by atoms with van der Waals surface area (Å²) in [5, 5.41) is 7.04. The van der Waals surface area contributed by atoms with Gasteiger partial charge in [-0.1, -0.05) is 0 Å². The van der Waals surface area contributed by atoms with Crippen molar-refractivity contribution in [2.24, 2.45) is 5.92 Å². The average molecular weight is 573 g/mol. The molecule has 1 saturated carbocycles. The standard InChI is InChI=1S/C27H31F3N8O3/c1-41-25-18(24(39)35-20-13-37(12-19(20)28)26(40)17-8-27(29,30)9-17)6-15(10-32-25)21-7-16(11-36-4-2-3-5-36)22-23(31)33-14-34-38(21)22/h6-7,10,14,17,19-20H,2-5,8-9,11-13H2,1H3,(H,35,39)(H2,31,33,34)/t19-,20+/m0/s1. The highest BCUT2D eigenvalue weighted by atomic mass is 19.3. The van der Waals surface area contributed by atoms with E-state index in [2.05, 4.69) is 25.3 Å². The number of alkyl halides is 3. The van der Waals surface area contributed by atoms with E-state index >= 15 is 0 Å². The number of hydrogen-bond donors (Lipinski definition) is 2. The van der Waals surface area contributed by atoms with Crippen molar-refractivity contribution in [3.8, 4) is 17.1 Å². The lowest BCUT2D eigenvalue weighted by Gasteiger charge is -2.36. The molecule has 3 aromatic heterocycles. The summed E-state index contributed by atoms with van der Waals surface area (Å²) < 4.78 is 48.3. The van der Waals surface area contributed by atoms with Crippen LogP contribution in [0.4, 0.5) is 19.0 Å². The Bertz CT molecular complexity index is 1480. The quantitative estimate of drug-likeness (QED) is 0.441. The lowest BCUT2D eigenvalue weighted by atomic mass is 9.80. The normalized spacial score (nSPS) is 22.7. The van der Waals surface area contributed by atoms with Crippen LogP contribution < -0.4 is 15.8 Å². The maximum absolute atomic E-state index is 14.9. The first-order valence-electron chi connectivity index (χ1n) is 13.6. The summed E-state index contributed by atoms with van der Waals surface area (Å²) in [7, 11) is 1.37. The van der Waals surface area contributed by atoms with E-state index in [1.165, 1.54) is 18.3 Å². The molecule has 2 saturated heterocycles. The van der Waals surface area contributed by atoms with Gasteiger partial charge in [-0.2, -0.15) is 5.10 Å². The minimum absolute atomic E-state index is 0.0385. The van der Waals surface area contributed by atoms with Crippen LogP contribution in [0.15, 0.2) is 24.7 Å². The first-order valence-corrected chi connectivity index (χ1v) is 13.6. The van der Waals surface area contributed by atoms with Crippen LogP contribution in [-0.4, -0.2) is 92.6 Å². The zero-order chi connectivity index (χ0) is 28.9. The Balaban J connectivity index is 1.24. The summed E-state index contributed by atoms with van der Waals surface area (Å²) in [6, 6.07) is 2.53. The van der Waals surface area contributed by atoms with Crippen LogP contribution in [0.25, 0.3) is 16.8 Å². The topological polar surface area (TPSA) is 131 Å². The van der Waals surface area contributed by atoms with E-state index in [1.54, 1.807) is 16.8 Å². The van der Waals surface area contributed by atoms with Gasteiger partial charge in [0.15, 0.2) is 5.82 Å². The fraction of sp³-hybridized carbons (Fsp3) is 0.519. The first-order chi connectivity index (χ1) is 19.6. The number of anilines is 1. The number of halogens is 3. The van der Waals surface area contributed by atoms with Gasteiger partial charge in [-0.15, -0.1) is 0 Å². The largest absolute Gasteiger partial charge is 0.480 e. The van der Waals surface area contributed by atoms with Gasteiger partial charge in [0.05, 0.1) is 25.4 Å². The molecule has 41 heavy (non-hydrogen) atoms. The summed E-state index contributed by atoms with van der Waals surface area (Å²) >= 11 is 0. The molecule has 0 aromatic carbocycles. The third-order valence-corrected chi connectivity index (χ3v) is 8.16. The molecule has 3 N–H and O–H groups in total. The Labute approximate surface area is 233 Å². The molecular formula is C27H31F3N8O3. The van der Waals surface area contributed by atoms with Crippen LogP contribution >= 0.6 is 0 Å². The summed E-state index contributed by atoms with van der Waals surface area (Å²) in [5.41, 5.74) is 9.13. The molecule has 2 atom stereocenters. The van der Waals surface area contributed by atoms with Crippen molar-refractivity contribution < 1.29 is 27.5 Å². The Morgan fingerprint density at radius 3 is 2.63 bits per heavy atom. The summed E-state index contributed by atoms with van der Waals surface area (Å²) in [6.45, 7) is 2.27.